The van der Waals surface area contributed by atoms with Crippen molar-refractivity contribution in [2.45, 2.75) is 0 Å². The zero-order chi connectivity index (χ0) is 21.1. The number of nitrogens with zero attached hydrogens (tertiary/aromatic N) is 2. The number of fused-ring (bicyclic) bond motifs is 1. The predicted molar refractivity (Wildman–Crippen MR) is 106 cm³/mol. The molecule has 1 N–H and O–H groups in total. The molecule has 2 aromatic rings. The number of piperazine rings is 1. The lowest BCUT2D eigenvalue weighted by atomic mass is 10.1. The molecule has 0 atom stereocenters. The third kappa shape index (κ3) is 4.16. The van der Waals surface area contributed by atoms with Gasteiger partial charge in [0.05, 0.1) is 24.9 Å². The number of hydrogen-bond acceptors (Lipinski definition) is 6. The molecule has 0 radical (unpaired) electrons. The largest absolute Gasteiger partial charge is 0.494 e. The van der Waals surface area contributed by atoms with Gasteiger partial charge < -0.3 is 24.4 Å². The lowest BCUT2D eigenvalue weighted by Gasteiger charge is -2.34. The van der Waals surface area contributed by atoms with Crippen LogP contribution in [0, 0.1) is 5.82 Å². The van der Waals surface area contributed by atoms with Crippen LogP contribution in [-0.4, -0.2) is 68.2 Å². The molecular formula is C21H22FN3O5. The summed E-state index contributed by atoms with van der Waals surface area (Å²) in [6, 6.07) is 9.29. The molecule has 0 aromatic heterocycles. The second-order valence-corrected chi connectivity index (χ2v) is 7.00. The SMILES string of the molecule is COc1cc2c(cc1NC(=O)CN1CCN(C(=O)c3ccccc3F)CC1)OCO2. The molecule has 9 heteroatoms. The van der Waals surface area contributed by atoms with Gasteiger partial charge in [0, 0.05) is 38.3 Å². The number of rotatable bonds is 5. The van der Waals surface area contributed by atoms with Gasteiger partial charge in [0.1, 0.15) is 11.6 Å². The van der Waals surface area contributed by atoms with Crippen LogP contribution in [0.3, 0.4) is 0 Å². The van der Waals surface area contributed by atoms with Gasteiger partial charge in [0.15, 0.2) is 11.5 Å². The van der Waals surface area contributed by atoms with Crippen LogP contribution in [0.25, 0.3) is 0 Å². The molecule has 1 saturated heterocycles. The van der Waals surface area contributed by atoms with Crippen LogP contribution in [0.5, 0.6) is 17.2 Å². The van der Waals surface area contributed by atoms with E-state index in [1.807, 2.05) is 4.90 Å². The van der Waals surface area contributed by atoms with Crippen LogP contribution >= 0.6 is 0 Å². The first-order chi connectivity index (χ1) is 14.5. The van der Waals surface area contributed by atoms with E-state index in [0.717, 1.165) is 0 Å². The zero-order valence-electron chi connectivity index (χ0n) is 16.5. The number of amides is 2. The van der Waals surface area contributed by atoms with Gasteiger partial charge in [-0.1, -0.05) is 12.1 Å². The number of anilines is 1. The highest BCUT2D eigenvalue weighted by Crippen LogP contribution is 2.40. The molecule has 2 aliphatic heterocycles. The molecule has 0 saturated carbocycles. The van der Waals surface area contributed by atoms with E-state index in [-0.39, 0.29) is 30.7 Å². The molecule has 2 heterocycles. The molecule has 2 aromatic carbocycles. The first-order valence-corrected chi connectivity index (χ1v) is 9.59. The van der Waals surface area contributed by atoms with Gasteiger partial charge in [-0.05, 0) is 12.1 Å². The second-order valence-electron chi connectivity index (χ2n) is 7.00. The van der Waals surface area contributed by atoms with Gasteiger partial charge in [-0.25, -0.2) is 4.39 Å². The maximum Gasteiger partial charge on any atom is 0.256 e. The molecule has 30 heavy (non-hydrogen) atoms. The minimum Gasteiger partial charge on any atom is -0.494 e. The summed E-state index contributed by atoms with van der Waals surface area (Å²) in [4.78, 5) is 28.6. The minimum atomic E-state index is -0.526. The van der Waals surface area contributed by atoms with Crippen molar-refractivity contribution in [1.29, 1.82) is 0 Å². The fourth-order valence-corrected chi connectivity index (χ4v) is 3.50. The van der Waals surface area contributed by atoms with E-state index < -0.39 is 5.82 Å². The summed E-state index contributed by atoms with van der Waals surface area (Å²) < 4.78 is 29.8. The van der Waals surface area contributed by atoms with E-state index in [1.54, 1.807) is 29.2 Å². The maximum atomic E-state index is 13.9. The Kier molecular flexibility index (Phi) is 5.71. The minimum absolute atomic E-state index is 0.0681. The quantitative estimate of drug-likeness (QED) is 0.804. The summed E-state index contributed by atoms with van der Waals surface area (Å²) >= 11 is 0. The molecule has 0 bridgehead atoms. The fraction of sp³-hybridized carbons (Fsp3) is 0.333. The van der Waals surface area contributed by atoms with Gasteiger partial charge in [-0.15, -0.1) is 0 Å². The topological polar surface area (TPSA) is 80.3 Å². The molecule has 0 unspecified atom stereocenters. The predicted octanol–water partition coefficient (Wildman–Crippen LogP) is 1.96. The Morgan fingerprint density at radius 3 is 2.50 bits per heavy atom. The van der Waals surface area contributed by atoms with Crippen LogP contribution in [0.1, 0.15) is 10.4 Å². The van der Waals surface area contributed by atoms with Crippen molar-refractivity contribution in [3.8, 4) is 17.2 Å². The van der Waals surface area contributed by atoms with Crippen LogP contribution in [0.15, 0.2) is 36.4 Å². The number of carbonyl (C=O) groups excluding carboxylic acids is 2. The first-order valence-electron chi connectivity index (χ1n) is 9.59. The molecule has 2 amide bonds. The Hall–Kier alpha value is -3.33. The maximum absolute atomic E-state index is 13.9. The van der Waals surface area contributed by atoms with E-state index in [0.29, 0.717) is 49.1 Å². The second kappa shape index (κ2) is 8.58. The Labute approximate surface area is 173 Å². The molecule has 0 aliphatic carbocycles. The van der Waals surface area contributed by atoms with Gasteiger partial charge in [-0.2, -0.15) is 0 Å². The first kappa shape index (κ1) is 20.0. The van der Waals surface area contributed by atoms with E-state index in [4.69, 9.17) is 14.2 Å². The van der Waals surface area contributed by atoms with Crippen LogP contribution in [-0.2, 0) is 4.79 Å². The highest BCUT2D eigenvalue weighted by molar-refractivity contribution is 5.95. The summed E-state index contributed by atoms with van der Waals surface area (Å²) in [6.45, 7) is 2.18. The third-order valence-corrected chi connectivity index (χ3v) is 5.10. The molecule has 4 rings (SSSR count). The summed E-state index contributed by atoms with van der Waals surface area (Å²) in [5, 5.41) is 2.83. The molecule has 8 nitrogen and oxygen atoms in total. The van der Waals surface area contributed by atoms with Gasteiger partial charge in [0.25, 0.3) is 5.91 Å². The van der Waals surface area contributed by atoms with Crippen molar-refractivity contribution in [3.05, 3.63) is 47.8 Å². The summed E-state index contributed by atoms with van der Waals surface area (Å²) in [6.07, 6.45) is 0. The third-order valence-electron chi connectivity index (χ3n) is 5.10. The summed E-state index contributed by atoms with van der Waals surface area (Å²) in [5.41, 5.74) is 0.568. The smallest absolute Gasteiger partial charge is 0.256 e. The van der Waals surface area contributed by atoms with Crippen LogP contribution in [0.4, 0.5) is 10.1 Å². The van der Waals surface area contributed by atoms with Crippen LogP contribution in [0.2, 0.25) is 0 Å². The van der Waals surface area contributed by atoms with E-state index >= 15 is 0 Å². The Morgan fingerprint density at radius 1 is 1.10 bits per heavy atom. The van der Waals surface area contributed by atoms with E-state index in [2.05, 4.69) is 5.32 Å². The molecule has 158 valence electrons. The van der Waals surface area contributed by atoms with Crippen molar-refractivity contribution >= 4 is 17.5 Å². The number of benzene rings is 2. The Balaban J connectivity index is 1.32. The number of hydrogen-bond donors (Lipinski definition) is 1. The lowest BCUT2D eigenvalue weighted by Crippen LogP contribution is -2.50. The number of methoxy groups -OCH3 is 1. The highest BCUT2D eigenvalue weighted by Gasteiger charge is 2.25. The number of carbonyl (C=O) groups is 2. The molecular weight excluding hydrogens is 393 g/mol. The molecule has 0 spiro atoms. The molecule has 1 fully saturated rings. The number of nitrogens with one attached hydrogen (secondary N) is 1. The van der Waals surface area contributed by atoms with Crippen molar-refractivity contribution in [3.63, 3.8) is 0 Å². The fourth-order valence-electron chi connectivity index (χ4n) is 3.50. The van der Waals surface area contributed by atoms with Gasteiger partial charge >= 0.3 is 0 Å². The van der Waals surface area contributed by atoms with E-state index in [1.165, 1.54) is 19.2 Å². The lowest BCUT2D eigenvalue weighted by molar-refractivity contribution is -0.117. The Bertz CT molecular complexity index is 960. The average Bonchev–Trinajstić information content (AvgIpc) is 3.21. The van der Waals surface area contributed by atoms with E-state index in [9.17, 15) is 14.0 Å². The van der Waals surface area contributed by atoms with Crippen molar-refractivity contribution in [2.75, 3.05) is 51.9 Å². The number of halogens is 1. The summed E-state index contributed by atoms with van der Waals surface area (Å²) in [7, 11) is 1.51. The van der Waals surface area contributed by atoms with Crippen molar-refractivity contribution < 1.29 is 28.2 Å². The monoisotopic (exact) mass is 415 g/mol. The van der Waals surface area contributed by atoms with Crippen molar-refractivity contribution in [2.24, 2.45) is 0 Å². The van der Waals surface area contributed by atoms with Crippen LogP contribution < -0.4 is 19.5 Å². The summed E-state index contributed by atoms with van der Waals surface area (Å²) in [5.74, 6) is 0.532. The van der Waals surface area contributed by atoms with Crippen molar-refractivity contribution in [1.82, 2.24) is 9.80 Å². The zero-order valence-corrected chi connectivity index (χ0v) is 16.5. The number of ether oxygens (including phenoxy) is 3. The normalized spacial score (nSPS) is 15.7. The highest BCUT2D eigenvalue weighted by atomic mass is 19.1. The Morgan fingerprint density at radius 2 is 1.80 bits per heavy atom. The standard InChI is InChI=1S/C21H22FN3O5/c1-28-17-11-19-18(29-13-30-19)10-16(17)23-20(26)12-24-6-8-25(9-7-24)21(27)14-4-2-3-5-15(14)22/h2-5,10-11H,6-9,12-13H2,1H3,(H,23,26). The van der Waals surface area contributed by atoms with Gasteiger partial charge in [-0.3, -0.25) is 14.5 Å². The molecule has 2 aliphatic rings. The average molecular weight is 415 g/mol. The van der Waals surface area contributed by atoms with Gasteiger partial charge in [0.2, 0.25) is 12.7 Å².